The van der Waals surface area contributed by atoms with E-state index in [1.807, 2.05) is 0 Å². The Kier molecular flexibility index (Phi) is 2.95. The van der Waals surface area contributed by atoms with Crippen molar-refractivity contribution in [3.05, 3.63) is 33.9 Å². The van der Waals surface area contributed by atoms with Gasteiger partial charge in [0.15, 0.2) is 0 Å². The zero-order chi connectivity index (χ0) is 12.4. The van der Waals surface area contributed by atoms with Gasteiger partial charge in [-0.1, -0.05) is 0 Å². The van der Waals surface area contributed by atoms with Gasteiger partial charge in [-0.2, -0.15) is 0 Å². The SMILES string of the molecule is NC(=O)c1ccc([N+](=O)[O-])c(NC2CCC2)c1. The molecule has 2 rings (SSSR count). The van der Waals surface area contributed by atoms with Gasteiger partial charge in [0.05, 0.1) is 4.92 Å². The molecule has 0 spiro atoms. The molecule has 3 N–H and O–H groups in total. The van der Waals surface area contributed by atoms with E-state index in [0.717, 1.165) is 19.3 Å². The molecule has 90 valence electrons. The summed E-state index contributed by atoms with van der Waals surface area (Å²) in [5.41, 5.74) is 5.77. The summed E-state index contributed by atoms with van der Waals surface area (Å²) >= 11 is 0. The molecule has 0 heterocycles. The monoisotopic (exact) mass is 235 g/mol. The summed E-state index contributed by atoms with van der Waals surface area (Å²) in [6.07, 6.45) is 3.12. The first-order valence-corrected chi connectivity index (χ1v) is 5.42. The molecular weight excluding hydrogens is 222 g/mol. The lowest BCUT2D eigenvalue weighted by Gasteiger charge is -2.27. The molecule has 0 aromatic heterocycles. The fraction of sp³-hybridized carbons (Fsp3) is 0.364. The Hall–Kier alpha value is -2.11. The molecule has 0 radical (unpaired) electrons. The summed E-state index contributed by atoms with van der Waals surface area (Å²) in [6.45, 7) is 0. The minimum absolute atomic E-state index is 0.0260. The lowest BCUT2D eigenvalue weighted by molar-refractivity contribution is -0.384. The van der Waals surface area contributed by atoms with Crippen molar-refractivity contribution in [1.82, 2.24) is 0 Å². The average Bonchev–Trinajstić information content (AvgIpc) is 2.22. The number of benzene rings is 1. The molecule has 0 bridgehead atoms. The Morgan fingerprint density at radius 3 is 2.65 bits per heavy atom. The molecular formula is C11H13N3O3. The summed E-state index contributed by atoms with van der Waals surface area (Å²) in [7, 11) is 0. The molecule has 1 aromatic rings. The summed E-state index contributed by atoms with van der Waals surface area (Å²) in [4.78, 5) is 21.4. The van der Waals surface area contributed by atoms with Crippen LogP contribution in [-0.4, -0.2) is 16.9 Å². The van der Waals surface area contributed by atoms with E-state index in [1.54, 1.807) is 0 Å². The van der Waals surface area contributed by atoms with Crippen molar-refractivity contribution in [3.63, 3.8) is 0 Å². The number of rotatable bonds is 4. The van der Waals surface area contributed by atoms with Gasteiger partial charge in [0.2, 0.25) is 5.91 Å². The van der Waals surface area contributed by atoms with Gasteiger partial charge < -0.3 is 11.1 Å². The Morgan fingerprint density at radius 2 is 2.18 bits per heavy atom. The van der Waals surface area contributed by atoms with E-state index in [9.17, 15) is 14.9 Å². The largest absolute Gasteiger partial charge is 0.377 e. The van der Waals surface area contributed by atoms with Crippen LogP contribution in [0.2, 0.25) is 0 Å². The average molecular weight is 235 g/mol. The first kappa shape index (κ1) is 11.4. The third-order valence-electron chi connectivity index (χ3n) is 2.94. The van der Waals surface area contributed by atoms with Gasteiger partial charge in [0.1, 0.15) is 5.69 Å². The van der Waals surface area contributed by atoms with Crippen molar-refractivity contribution in [2.45, 2.75) is 25.3 Å². The summed E-state index contributed by atoms with van der Waals surface area (Å²) in [5, 5.41) is 13.9. The molecule has 1 aliphatic rings. The number of hydrogen-bond acceptors (Lipinski definition) is 4. The normalized spacial score (nSPS) is 15.1. The first-order chi connectivity index (χ1) is 8.08. The smallest absolute Gasteiger partial charge is 0.292 e. The van der Waals surface area contributed by atoms with E-state index in [-0.39, 0.29) is 17.3 Å². The lowest BCUT2D eigenvalue weighted by Crippen LogP contribution is -2.27. The van der Waals surface area contributed by atoms with Gasteiger partial charge in [0, 0.05) is 17.7 Å². The Bertz CT molecular complexity index is 469. The van der Waals surface area contributed by atoms with Crippen molar-refractivity contribution in [1.29, 1.82) is 0 Å². The van der Waals surface area contributed by atoms with E-state index < -0.39 is 10.8 Å². The van der Waals surface area contributed by atoms with Crippen molar-refractivity contribution in [3.8, 4) is 0 Å². The number of primary amides is 1. The minimum Gasteiger partial charge on any atom is -0.377 e. The van der Waals surface area contributed by atoms with Crippen LogP contribution >= 0.6 is 0 Å². The molecule has 0 unspecified atom stereocenters. The highest BCUT2D eigenvalue weighted by Gasteiger charge is 2.22. The Labute approximate surface area is 98.0 Å². The van der Waals surface area contributed by atoms with Crippen molar-refractivity contribution in [2.24, 2.45) is 5.73 Å². The third-order valence-corrected chi connectivity index (χ3v) is 2.94. The fourth-order valence-corrected chi connectivity index (χ4v) is 1.74. The molecule has 0 saturated heterocycles. The number of nitrogens with two attached hydrogens (primary N) is 1. The topological polar surface area (TPSA) is 98.3 Å². The maximum atomic E-state index is 11.0. The molecule has 0 atom stereocenters. The van der Waals surface area contributed by atoms with Crippen LogP contribution in [0.5, 0.6) is 0 Å². The lowest BCUT2D eigenvalue weighted by atomic mass is 9.93. The summed E-state index contributed by atoms with van der Waals surface area (Å²) in [6, 6.07) is 4.38. The predicted octanol–water partition coefficient (Wildman–Crippen LogP) is 1.66. The molecule has 0 aliphatic heterocycles. The second-order valence-corrected chi connectivity index (χ2v) is 4.13. The van der Waals surface area contributed by atoms with Crippen LogP contribution in [0.1, 0.15) is 29.6 Å². The quantitative estimate of drug-likeness (QED) is 0.612. The predicted molar refractivity (Wildman–Crippen MR) is 62.9 cm³/mol. The zero-order valence-corrected chi connectivity index (χ0v) is 9.18. The number of carbonyl (C=O) groups is 1. The standard InChI is InChI=1S/C11H13N3O3/c12-11(15)7-4-5-10(14(16)17)9(6-7)13-8-2-1-3-8/h4-6,8,13H,1-3H2,(H2,12,15). The Morgan fingerprint density at radius 1 is 1.47 bits per heavy atom. The third kappa shape index (κ3) is 2.35. The highest BCUT2D eigenvalue weighted by Crippen LogP contribution is 2.30. The molecule has 1 amide bonds. The molecule has 17 heavy (non-hydrogen) atoms. The molecule has 1 aliphatic carbocycles. The number of nitro benzene ring substituents is 1. The van der Waals surface area contributed by atoms with Crippen LogP contribution in [0.15, 0.2) is 18.2 Å². The van der Waals surface area contributed by atoms with E-state index in [1.165, 1.54) is 18.2 Å². The second-order valence-electron chi connectivity index (χ2n) is 4.13. The number of nitrogens with one attached hydrogen (secondary N) is 1. The fourth-order valence-electron chi connectivity index (χ4n) is 1.74. The van der Waals surface area contributed by atoms with E-state index in [4.69, 9.17) is 5.73 Å². The van der Waals surface area contributed by atoms with Crippen LogP contribution in [0.25, 0.3) is 0 Å². The summed E-state index contributed by atoms with van der Waals surface area (Å²) < 4.78 is 0. The van der Waals surface area contributed by atoms with Gasteiger partial charge in [-0.25, -0.2) is 0 Å². The van der Waals surface area contributed by atoms with Gasteiger partial charge >= 0.3 is 0 Å². The van der Waals surface area contributed by atoms with Crippen molar-refractivity contribution < 1.29 is 9.72 Å². The van der Waals surface area contributed by atoms with Crippen LogP contribution in [-0.2, 0) is 0 Å². The molecule has 6 nitrogen and oxygen atoms in total. The maximum Gasteiger partial charge on any atom is 0.292 e. The molecule has 1 fully saturated rings. The number of amides is 1. The first-order valence-electron chi connectivity index (χ1n) is 5.42. The van der Waals surface area contributed by atoms with Crippen LogP contribution < -0.4 is 11.1 Å². The number of anilines is 1. The maximum absolute atomic E-state index is 11.0. The number of nitro groups is 1. The van der Waals surface area contributed by atoms with Crippen LogP contribution in [0.4, 0.5) is 11.4 Å². The second kappa shape index (κ2) is 4.40. The highest BCUT2D eigenvalue weighted by atomic mass is 16.6. The van der Waals surface area contributed by atoms with Gasteiger partial charge in [-0.05, 0) is 31.4 Å². The zero-order valence-electron chi connectivity index (χ0n) is 9.18. The molecule has 1 aromatic carbocycles. The van der Waals surface area contributed by atoms with Crippen LogP contribution in [0.3, 0.4) is 0 Å². The number of carbonyl (C=O) groups excluding carboxylic acids is 1. The van der Waals surface area contributed by atoms with Gasteiger partial charge in [0.25, 0.3) is 5.69 Å². The van der Waals surface area contributed by atoms with Gasteiger partial charge in [-0.15, -0.1) is 0 Å². The van der Waals surface area contributed by atoms with Crippen LogP contribution in [0, 0.1) is 10.1 Å². The van der Waals surface area contributed by atoms with E-state index in [0.29, 0.717) is 5.69 Å². The van der Waals surface area contributed by atoms with Crippen molar-refractivity contribution >= 4 is 17.3 Å². The number of hydrogen-bond donors (Lipinski definition) is 2. The highest BCUT2D eigenvalue weighted by molar-refractivity contribution is 5.94. The van der Waals surface area contributed by atoms with E-state index in [2.05, 4.69) is 5.32 Å². The minimum atomic E-state index is -0.587. The molecule has 6 heteroatoms. The van der Waals surface area contributed by atoms with E-state index >= 15 is 0 Å². The Balaban J connectivity index is 2.32. The summed E-state index contributed by atoms with van der Waals surface area (Å²) in [5.74, 6) is -0.587. The van der Waals surface area contributed by atoms with Crippen molar-refractivity contribution in [2.75, 3.05) is 5.32 Å². The molecule has 1 saturated carbocycles. The number of nitrogens with zero attached hydrogens (tertiary/aromatic N) is 1. The van der Waals surface area contributed by atoms with Gasteiger partial charge in [-0.3, -0.25) is 14.9 Å².